The summed E-state index contributed by atoms with van der Waals surface area (Å²) >= 11 is 5.73. The van der Waals surface area contributed by atoms with Gasteiger partial charge in [0.2, 0.25) is 0 Å². The first kappa shape index (κ1) is 10.2. The zero-order valence-electron chi connectivity index (χ0n) is 8.74. The molecule has 2 heterocycles. The van der Waals surface area contributed by atoms with Gasteiger partial charge in [-0.1, -0.05) is 17.7 Å². The third-order valence-electron chi connectivity index (χ3n) is 2.30. The summed E-state index contributed by atoms with van der Waals surface area (Å²) in [6.07, 6.45) is 1.79. The van der Waals surface area contributed by atoms with Crippen molar-refractivity contribution in [2.75, 3.05) is 20.6 Å². The number of rotatable bonds is 1. The van der Waals surface area contributed by atoms with Crippen LogP contribution in [0, 0.1) is 0 Å². The molecule has 1 aromatic rings. The molecule has 1 aromatic heterocycles. The molecule has 1 atom stereocenters. The lowest BCUT2D eigenvalue weighted by atomic mass is 10.1. The summed E-state index contributed by atoms with van der Waals surface area (Å²) in [5.74, 6) is 0.912. The number of guanidine groups is 1. The van der Waals surface area contributed by atoms with Crippen molar-refractivity contribution >= 4 is 17.6 Å². The molecule has 15 heavy (non-hydrogen) atoms. The minimum atomic E-state index is 0.215. The lowest BCUT2D eigenvalue weighted by molar-refractivity contribution is 0.582. The number of pyridine rings is 1. The molecule has 0 saturated heterocycles. The summed E-state index contributed by atoms with van der Waals surface area (Å²) in [5.41, 5.74) is 1.11. The second-order valence-electron chi connectivity index (χ2n) is 3.67. The molecule has 1 N–H and O–H groups in total. The fourth-order valence-corrected chi connectivity index (χ4v) is 1.59. The van der Waals surface area contributed by atoms with Crippen LogP contribution in [0.5, 0.6) is 0 Å². The first-order chi connectivity index (χ1) is 7.16. The van der Waals surface area contributed by atoms with E-state index in [9.17, 15) is 0 Å². The van der Waals surface area contributed by atoms with Gasteiger partial charge in [-0.2, -0.15) is 0 Å². The van der Waals surface area contributed by atoms with Crippen molar-refractivity contribution in [3.8, 4) is 0 Å². The topological polar surface area (TPSA) is 40.5 Å². The molecule has 4 nitrogen and oxygen atoms in total. The summed E-state index contributed by atoms with van der Waals surface area (Å²) in [4.78, 5) is 10.4. The van der Waals surface area contributed by atoms with Crippen molar-refractivity contribution in [2.45, 2.75) is 6.04 Å². The Balaban J connectivity index is 2.07. The van der Waals surface area contributed by atoms with E-state index in [0.717, 1.165) is 18.1 Å². The summed E-state index contributed by atoms with van der Waals surface area (Å²) in [7, 11) is 3.93. The van der Waals surface area contributed by atoms with Crippen LogP contribution < -0.4 is 5.32 Å². The van der Waals surface area contributed by atoms with Gasteiger partial charge in [-0.05, 0) is 11.6 Å². The molecule has 0 fully saturated rings. The molecular weight excluding hydrogens is 212 g/mol. The van der Waals surface area contributed by atoms with Crippen LogP contribution in [-0.4, -0.2) is 36.5 Å². The van der Waals surface area contributed by atoms with Crippen molar-refractivity contribution in [1.82, 2.24) is 15.2 Å². The standard InChI is InChI=1S/C10H13ClN4/c1-15(2)10-13-6-8(14-10)7-3-4-9(11)12-5-7/h3-5,8H,6H2,1-2H3,(H,13,14). The maximum absolute atomic E-state index is 5.73. The molecule has 0 spiro atoms. The van der Waals surface area contributed by atoms with Crippen LogP contribution in [0.3, 0.4) is 0 Å². The number of nitrogens with zero attached hydrogens (tertiary/aromatic N) is 3. The molecule has 80 valence electrons. The Morgan fingerprint density at radius 3 is 2.80 bits per heavy atom. The lowest BCUT2D eigenvalue weighted by Gasteiger charge is -2.16. The van der Waals surface area contributed by atoms with Gasteiger partial charge < -0.3 is 10.2 Å². The van der Waals surface area contributed by atoms with Crippen molar-refractivity contribution < 1.29 is 0 Å². The monoisotopic (exact) mass is 224 g/mol. The highest BCUT2D eigenvalue weighted by molar-refractivity contribution is 6.29. The fraction of sp³-hybridized carbons (Fsp3) is 0.400. The molecule has 1 aliphatic rings. The van der Waals surface area contributed by atoms with Gasteiger partial charge in [0, 0.05) is 20.3 Å². The predicted molar refractivity (Wildman–Crippen MR) is 61.1 cm³/mol. The van der Waals surface area contributed by atoms with Crippen molar-refractivity contribution in [2.24, 2.45) is 4.99 Å². The van der Waals surface area contributed by atoms with E-state index in [2.05, 4.69) is 15.3 Å². The molecule has 2 rings (SSSR count). The fourth-order valence-electron chi connectivity index (χ4n) is 1.48. The summed E-state index contributed by atoms with van der Waals surface area (Å²) in [6.45, 7) is 0.747. The first-order valence-electron chi connectivity index (χ1n) is 4.76. The second kappa shape index (κ2) is 4.06. The van der Waals surface area contributed by atoms with E-state index in [4.69, 9.17) is 11.6 Å². The van der Waals surface area contributed by atoms with Crippen LogP contribution in [0.1, 0.15) is 11.6 Å². The molecule has 0 aliphatic carbocycles. The van der Waals surface area contributed by atoms with Gasteiger partial charge in [0.25, 0.3) is 0 Å². The Hall–Kier alpha value is -1.29. The number of nitrogens with one attached hydrogen (secondary N) is 1. The number of hydrogen-bond acceptors (Lipinski definition) is 4. The number of halogens is 1. The molecule has 0 amide bonds. The van der Waals surface area contributed by atoms with Crippen molar-refractivity contribution in [1.29, 1.82) is 0 Å². The van der Waals surface area contributed by atoms with Gasteiger partial charge in [-0.25, -0.2) is 4.98 Å². The summed E-state index contributed by atoms with van der Waals surface area (Å²) in [5, 5.41) is 3.84. The Morgan fingerprint density at radius 1 is 1.47 bits per heavy atom. The number of hydrogen-bond donors (Lipinski definition) is 1. The van der Waals surface area contributed by atoms with E-state index in [1.54, 1.807) is 12.3 Å². The number of aromatic nitrogens is 1. The van der Waals surface area contributed by atoms with E-state index in [1.165, 1.54) is 0 Å². The van der Waals surface area contributed by atoms with Crippen LogP contribution in [-0.2, 0) is 0 Å². The van der Waals surface area contributed by atoms with Gasteiger partial charge in [0.05, 0.1) is 12.6 Å². The highest BCUT2D eigenvalue weighted by Gasteiger charge is 2.20. The van der Waals surface area contributed by atoms with Gasteiger partial charge in [-0.15, -0.1) is 0 Å². The Labute approximate surface area is 94.0 Å². The SMILES string of the molecule is CN(C)C1=NCC(c2ccc(Cl)nc2)N1. The van der Waals surface area contributed by atoms with Crippen molar-refractivity contribution in [3.63, 3.8) is 0 Å². The molecule has 5 heteroatoms. The third-order valence-corrected chi connectivity index (χ3v) is 2.53. The largest absolute Gasteiger partial charge is 0.349 e. The Bertz CT molecular complexity index is 372. The van der Waals surface area contributed by atoms with E-state index in [0.29, 0.717) is 5.15 Å². The van der Waals surface area contributed by atoms with Gasteiger partial charge in [0.15, 0.2) is 5.96 Å². The smallest absolute Gasteiger partial charge is 0.194 e. The highest BCUT2D eigenvalue weighted by atomic mass is 35.5. The third kappa shape index (κ3) is 2.21. The first-order valence-corrected chi connectivity index (χ1v) is 5.14. The average Bonchev–Trinajstić information content (AvgIpc) is 2.68. The molecule has 0 saturated carbocycles. The van der Waals surface area contributed by atoms with Gasteiger partial charge in [-0.3, -0.25) is 4.99 Å². The van der Waals surface area contributed by atoms with Crippen LogP contribution in [0.25, 0.3) is 0 Å². The molecule has 0 radical (unpaired) electrons. The van der Waals surface area contributed by atoms with Crippen LogP contribution >= 0.6 is 11.6 Å². The minimum absolute atomic E-state index is 0.215. The molecule has 1 aliphatic heterocycles. The maximum atomic E-state index is 5.73. The van der Waals surface area contributed by atoms with E-state index in [-0.39, 0.29) is 6.04 Å². The number of aliphatic imine (C=N–C) groups is 1. The van der Waals surface area contributed by atoms with Crippen LogP contribution in [0.15, 0.2) is 23.3 Å². The normalized spacial score (nSPS) is 19.7. The maximum Gasteiger partial charge on any atom is 0.194 e. The quantitative estimate of drug-likeness (QED) is 0.731. The summed E-state index contributed by atoms with van der Waals surface area (Å²) < 4.78 is 0. The zero-order valence-corrected chi connectivity index (χ0v) is 9.49. The molecule has 0 bridgehead atoms. The van der Waals surface area contributed by atoms with Gasteiger partial charge >= 0.3 is 0 Å². The second-order valence-corrected chi connectivity index (χ2v) is 4.06. The summed E-state index contributed by atoms with van der Waals surface area (Å²) in [6, 6.07) is 3.99. The lowest BCUT2D eigenvalue weighted by Crippen LogP contribution is -2.34. The molecule has 1 unspecified atom stereocenters. The molecule has 0 aromatic carbocycles. The predicted octanol–water partition coefficient (Wildman–Crippen LogP) is 1.30. The van der Waals surface area contributed by atoms with E-state index < -0.39 is 0 Å². The molecular formula is C10H13ClN4. The van der Waals surface area contributed by atoms with Crippen LogP contribution in [0.2, 0.25) is 5.15 Å². The van der Waals surface area contributed by atoms with E-state index in [1.807, 2.05) is 25.1 Å². The average molecular weight is 225 g/mol. The Morgan fingerprint density at radius 2 is 2.27 bits per heavy atom. The van der Waals surface area contributed by atoms with Crippen molar-refractivity contribution in [3.05, 3.63) is 29.0 Å². The minimum Gasteiger partial charge on any atom is -0.349 e. The van der Waals surface area contributed by atoms with Crippen LogP contribution in [0.4, 0.5) is 0 Å². The van der Waals surface area contributed by atoms with Gasteiger partial charge in [0.1, 0.15) is 5.15 Å². The Kier molecular flexibility index (Phi) is 2.77. The highest BCUT2D eigenvalue weighted by Crippen LogP contribution is 2.17. The van der Waals surface area contributed by atoms with E-state index >= 15 is 0 Å². The zero-order chi connectivity index (χ0) is 10.8.